The fourth-order valence-corrected chi connectivity index (χ4v) is 0.650. The maximum atomic E-state index is 9.91. The van der Waals surface area contributed by atoms with Gasteiger partial charge in [-0.25, -0.2) is 4.79 Å². The van der Waals surface area contributed by atoms with Gasteiger partial charge in [-0.05, 0) is 0 Å². The molecule has 1 saturated heterocycles. The van der Waals surface area contributed by atoms with Crippen LogP contribution in [0.5, 0.6) is 0 Å². The largest absolute Gasteiger partial charge is 0.476 e. The molecule has 13 heavy (non-hydrogen) atoms. The summed E-state index contributed by atoms with van der Waals surface area (Å²) in [7, 11) is 0. The minimum Gasteiger partial charge on any atom is -0.476 e. The van der Waals surface area contributed by atoms with E-state index < -0.39 is 12.3 Å². The predicted molar refractivity (Wildman–Crippen MR) is 39.5 cm³/mol. The maximum absolute atomic E-state index is 9.91. The Bertz CT molecular complexity index is 170. The molecule has 2 aliphatic heterocycles. The van der Waals surface area contributed by atoms with E-state index in [-0.39, 0.29) is 0 Å². The standard InChI is InChI=1S/C4H4O4.C3H6O2/c5-3(6)4-7-1-2-8-4;1-2-5-3-4-1/h1-2,4H,(H,5,6);1-3H2. The van der Waals surface area contributed by atoms with Gasteiger partial charge in [-0.15, -0.1) is 0 Å². The first-order chi connectivity index (χ1) is 6.30. The normalized spacial score (nSPS) is 20.0. The maximum Gasteiger partial charge on any atom is 0.387 e. The van der Waals surface area contributed by atoms with Crippen molar-refractivity contribution in [3.8, 4) is 0 Å². The quantitative estimate of drug-likeness (QED) is 0.622. The van der Waals surface area contributed by atoms with Crippen molar-refractivity contribution in [3.63, 3.8) is 0 Å². The smallest absolute Gasteiger partial charge is 0.387 e. The van der Waals surface area contributed by atoms with Gasteiger partial charge in [0.25, 0.3) is 0 Å². The molecule has 0 radical (unpaired) electrons. The lowest BCUT2D eigenvalue weighted by Crippen LogP contribution is -2.19. The molecule has 0 unspecified atom stereocenters. The second-order valence-corrected chi connectivity index (χ2v) is 2.15. The van der Waals surface area contributed by atoms with E-state index >= 15 is 0 Å². The highest BCUT2D eigenvalue weighted by Crippen LogP contribution is 2.03. The van der Waals surface area contributed by atoms with Crippen LogP contribution in [0.3, 0.4) is 0 Å². The molecule has 0 aromatic heterocycles. The molecule has 0 aromatic carbocycles. The van der Waals surface area contributed by atoms with Gasteiger partial charge in [-0.3, -0.25) is 0 Å². The molecule has 2 heterocycles. The van der Waals surface area contributed by atoms with E-state index in [9.17, 15) is 4.79 Å². The van der Waals surface area contributed by atoms with Gasteiger partial charge in [0.1, 0.15) is 19.3 Å². The Kier molecular flexibility index (Phi) is 4.07. The Balaban J connectivity index is 0.000000145. The average molecular weight is 190 g/mol. The SMILES string of the molecule is C1COCO1.O=C(O)C1OC=CO1. The zero-order valence-corrected chi connectivity index (χ0v) is 6.84. The van der Waals surface area contributed by atoms with Crippen LogP contribution in [0, 0.1) is 0 Å². The van der Waals surface area contributed by atoms with Crippen molar-refractivity contribution in [1.82, 2.24) is 0 Å². The topological polar surface area (TPSA) is 74.2 Å². The van der Waals surface area contributed by atoms with Crippen LogP contribution in [0.2, 0.25) is 0 Å². The van der Waals surface area contributed by atoms with Crippen LogP contribution in [0.1, 0.15) is 0 Å². The zero-order valence-electron chi connectivity index (χ0n) is 6.84. The summed E-state index contributed by atoms with van der Waals surface area (Å²) in [5.74, 6) is -1.12. The van der Waals surface area contributed by atoms with E-state index in [2.05, 4.69) is 9.47 Å². The monoisotopic (exact) mass is 190 g/mol. The van der Waals surface area contributed by atoms with E-state index in [1.165, 1.54) is 12.5 Å². The van der Waals surface area contributed by atoms with Crippen molar-refractivity contribution in [2.45, 2.75) is 6.29 Å². The predicted octanol–water partition coefficient (Wildman–Crippen LogP) is -0.0942. The molecule has 74 valence electrons. The molecule has 0 bridgehead atoms. The fourth-order valence-electron chi connectivity index (χ4n) is 0.650. The van der Waals surface area contributed by atoms with Crippen LogP contribution in [0.15, 0.2) is 12.5 Å². The van der Waals surface area contributed by atoms with Crippen LogP contribution in [-0.2, 0) is 23.7 Å². The first-order valence-corrected chi connectivity index (χ1v) is 3.65. The molecule has 1 N–H and O–H groups in total. The highest BCUT2D eigenvalue weighted by molar-refractivity contribution is 5.71. The molecule has 0 aliphatic carbocycles. The first kappa shape index (κ1) is 9.82. The van der Waals surface area contributed by atoms with Crippen LogP contribution < -0.4 is 0 Å². The summed E-state index contributed by atoms with van der Waals surface area (Å²) in [6, 6.07) is 0. The molecule has 0 spiro atoms. The second kappa shape index (κ2) is 5.39. The van der Waals surface area contributed by atoms with Gasteiger partial charge in [-0.1, -0.05) is 0 Å². The highest BCUT2D eigenvalue weighted by atomic mass is 16.7. The Hall–Kier alpha value is -1.27. The summed E-state index contributed by atoms with van der Waals surface area (Å²) in [5.41, 5.74) is 0. The Labute approximate surface area is 74.6 Å². The summed E-state index contributed by atoms with van der Waals surface area (Å²) in [5, 5.41) is 8.12. The number of ether oxygens (including phenoxy) is 4. The molecule has 0 amide bonds. The third kappa shape index (κ3) is 3.77. The van der Waals surface area contributed by atoms with E-state index in [0.717, 1.165) is 13.2 Å². The van der Waals surface area contributed by atoms with Gasteiger partial charge in [0.05, 0.1) is 13.2 Å². The summed E-state index contributed by atoms with van der Waals surface area (Å²) in [6.45, 7) is 2.06. The number of carboxylic acids is 1. The zero-order chi connectivity index (χ0) is 9.52. The van der Waals surface area contributed by atoms with E-state index in [4.69, 9.17) is 14.6 Å². The number of hydrogen-bond acceptors (Lipinski definition) is 5. The molecule has 1 fully saturated rings. The summed E-state index contributed by atoms with van der Waals surface area (Å²) < 4.78 is 18.3. The molecule has 2 rings (SSSR count). The minimum absolute atomic E-state index is 0.500. The van der Waals surface area contributed by atoms with E-state index in [1.54, 1.807) is 0 Å². The van der Waals surface area contributed by atoms with E-state index in [0.29, 0.717) is 6.79 Å². The molecule has 2 aliphatic rings. The molecule has 0 aromatic rings. The van der Waals surface area contributed by atoms with E-state index in [1.807, 2.05) is 0 Å². The van der Waals surface area contributed by atoms with Crippen molar-refractivity contribution < 1.29 is 28.8 Å². The molecule has 6 nitrogen and oxygen atoms in total. The Morgan fingerprint density at radius 1 is 1.23 bits per heavy atom. The summed E-state index contributed by atoms with van der Waals surface area (Å²) >= 11 is 0. The first-order valence-electron chi connectivity index (χ1n) is 3.65. The molecular weight excluding hydrogens is 180 g/mol. The average Bonchev–Trinajstić information content (AvgIpc) is 2.82. The number of carboxylic acid groups (broad SMARTS) is 1. The summed E-state index contributed by atoms with van der Waals surface area (Å²) in [4.78, 5) is 9.91. The van der Waals surface area contributed by atoms with Gasteiger partial charge in [0.2, 0.25) is 0 Å². The second-order valence-electron chi connectivity index (χ2n) is 2.15. The Morgan fingerprint density at radius 3 is 2.00 bits per heavy atom. The minimum atomic E-state index is -1.13. The lowest BCUT2D eigenvalue weighted by molar-refractivity contribution is -0.162. The fraction of sp³-hybridized carbons (Fsp3) is 0.571. The molecule has 0 saturated carbocycles. The lowest BCUT2D eigenvalue weighted by Gasteiger charge is -2.01. The number of carbonyl (C=O) groups is 1. The van der Waals surface area contributed by atoms with Crippen molar-refractivity contribution in [1.29, 1.82) is 0 Å². The van der Waals surface area contributed by atoms with Crippen LogP contribution >= 0.6 is 0 Å². The van der Waals surface area contributed by atoms with Crippen molar-refractivity contribution in [3.05, 3.63) is 12.5 Å². The van der Waals surface area contributed by atoms with Gasteiger partial charge < -0.3 is 24.1 Å². The van der Waals surface area contributed by atoms with Crippen LogP contribution in [0.4, 0.5) is 0 Å². The highest BCUT2D eigenvalue weighted by Gasteiger charge is 2.20. The molecular formula is C7H10O6. The third-order valence-corrected chi connectivity index (χ3v) is 1.20. The van der Waals surface area contributed by atoms with Crippen LogP contribution in [0.25, 0.3) is 0 Å². The lowest BCUT2D eigenvalue weighted by atomic mass is 10.7. The molecule has 6 heteroatoms. The number of hydrogen-bond donors (Lipinski definition) is 1. The van der Waals surface area contributed by atoms with Crippen LogP contribution in [-0.4, -0.2) is 37.4 Å². The third-order valence-electron chi connectivity index (χ3n) is 1.20. The van der Waals surface area contributed by atoms with Crippen molar-refractivity contribution in [2.75, 3.05) is 20.0 Å². The van der Waals surface area contributed by atoms with Crippen molar-refractivity contribution in [2.24, 2.45) is 0 Å². The molecule has 0 atom stereocenters. The number of rotatable bonds is 1. The summed E-state index contributed by atoms with van der Waals surface area (Å²) in [6.07, 6.45) is 1.26. The van der Waals surface area contributed by atoms with Gasteiger partial charge in [-0.2, -0.15) is 0 Å². The Morgan fingerprint density at radius 2 is 1.77 bits per heavy atom. The van der Waals surface area contributed by atoms with Crippen molar-refractivity contribution >= 4 is 5.97 Å². The van der Waals surface area contributed by atoms with Gasteiger partial charge in [0.15, 0.2) is 0 Å². The van der Waals surface area contributed by atoms with Gasteiger partial charge in [0, 0.05) is 0 Å². The van der Waals surface area contributed by atoms with Gasteiger partial charge >= 0.3 is 12.3 Å². The number of aliphatic carboxylic acids is 1.